The molecule has 10 rings (SSSR count). The van der Waals surface area contributed by atoms with Crippen molar-refractivity contribution in [3.63, 3.8) is 0 Å². The fourth-order valence-electron chi connectivity index (χ4n) is 9.17. The molecule has 0 fully saturated rings. The zero-order valence-corrected chi connectivity index (χ0v) is 39.9. The van der Waals surface area contributed by atoms with Crippen LogP contribution in [0.2, 0.25) is 0 Å². The molecule has 2 atom stereocenters. The van der Waals surface area contributed by atoms with Gasteiger partial charge in [0, 0.05) is 65.3 Å². The van der Waals surface area contributed by atoms with Gasteiger partial charge in [-0.05, 0) is 66.1 Å². The maximum absolute atomic E-state index is 14.4. The van der Waals surface area contributed by atoms with E-state index < -0.39 is 23.9 Å². The predicted octanol–water partition coefficient (Wildman–Crippen LogP) is 8.14. The second-order valence-corrected chi connectivity index (χ2v) is 17.6. The highest BCUT2D eigenvalue weighted by atomic mass is 16.5. The Morgan fingerprint density at radius 2 is 1.07 bits per heavy atom. The number of hydrogen-bond donors (Lipinski definition) is 4. The van der Waals surface area contributed by atoms with E-state index in [1.165, 1.54) is 6.20 Å². The number of benzene rings is 4. The van der Waals surface area contributed by atoms with Crippen LogP contribution in [0.15, 0.2) is 146 Å². The van der Waals surface area contributed by atoms with Crippen LogP contribution in [0.25, 0.3) is 33.6 Å². The van der Waals surface area contributed by atoms with Crippen LogP contribution in [-0.2, 0) is 35.9 Å². The summed E-state index contributed by atoms with van der Waals surface area (Å²) in [6, 6.07) is 34.5. The van der Waals surface area contributed by atoms with Gasteiger partial charge >= 0.3 is 0 Å². The van der Waals surface area contributed by atoms with Gasteiger partial charge in [0.2, 0.25) is 11.8 Å². The molecule has 0 saturated heterocycles. The van der Waals surface area contributed by atoms with Gasteiger partial charge in [-0.15, -0.1) is 12.3 Å². The van der Waals surface area contributed by atoms with E-state index in [1.54, 1.807) is 76.9 Å². The molecule has 8 aromatic rings. The van der Waals surface area contributed by atoms with Gasteiger partial charge in [0.05, 0.1) is 36.9 Å². The van der Waals surface area contributed by atoms with Crippen LogP contribution in [0.3, 0.4) is 0 Å². The van der Waals surface area contributed by atoms with E-state index in [4.69, 9.17) is 20.9 Å². The third-order valence-corrected chi connectivity index (χ3v) is 12.7. The lowest BCUT2D eigenvalue weighted by atomic mass is 9.87. The van der Waals surface area contributed by atoms with E-state index in [0.29, 0.717) is 54.5 Å². The molecule has 0 saturated carbocycles. The van der Waals surface area contributed by atoms with Crippen molar-refractivity contribution < 1.29 is 28.7 Å². The number of H-pyrrole nitrogens is 2. The smallest absolute Gasteiger partial charge is 0.270 e. The van der Waals surface area contributed by atoms with Gasteiger partial charge < -0.3 is 39.9 Å². The largest absolute Gasteiger partial charge is 0.488 e. The summed E-state index contributed by atoms with van der Waals surface area (Å²) >= 11 is 0. The Kier molecular flexibility index (Phi) is 13.8. The van der Waals surface area contributed by atoms with Crippen LogP contribution in [0, 0.1) is 12.3 Å². The van der Waals surface area contributed by atoms with Gasteiger partial charge in [0.25, 0.3) is 11.8 Å². The average molecular weight is 971 g/mol. The van der Waals surface area contributed by atoms with Crippen molar-refractivity contribution in [2.75, 3.05) is 13.1 Å². The number of imidazole rings is 2. The molecule has 0 spiro atoms. The fraction of sp³-hybridized carbons (Fsp3) is 0.193. The molecule has 2 aliphatic heterocycles. The summed E-state index contributed by atoms with van der Waals surface area (Å²) in [6.45, 7) is 3.55. The van der Waals surface area contributed by atoms with E-state index in [0.717, 1.165) is 50.5 Å². The van der Waals surface area contributed by atoms with Crippen LogP contribution < -0.4 is 20.1 Å². The molecule has 73 heavy (non-hydrogen) atoms. The number of nitrogens with zero attached hydrogens (tertiary/aromatic N) is 6. The highest BCUT2D eigenvalue weighted by Gasteiger charge is 2.33. The number of terminal acetylenes is 1. The van der Waals surface area contributed by atoms with E-state index in [1.807, 2.05) is 67.6 Å². The number of carbonyl (C=O) groups excluding carboxylic acids is 4. The Balaban J connectivity index is 0.857. The number of rotatable bonds is 18. The SMILES string of the molecule is C#CCCN(Cc1ncc(-c2cc3c4c(c2)OCc2cc(-c5cnc(CN(CCC)C(=O)[C@H](NC(=O)c6ccccn6)c6ccccc6)[nH]5)cc(c2-4)OC3)[nH]1)C(=O)[C@H](NC(=O)c1ccccn1)c1ccccc1. The van der Waals surface area contributed by atoms with Crippen LogP contribution in [0.1, 0.15) is 86.7 Å². The number of hydrogen-bond acceptors (Lipinski definition) is 10. The van der Waals surface area contributed by atoms with Crippen LogP contribution in [-0.4, -0.2) is 76.4 Å². The maximum atomic E-state index is 14.4. The monoisotopic (exact) mass is 970 g/mol. The summed E-state index contributed by atoms with van der Waals surface area (Å²) in [5, 5.41) is 5.81. The van der Waals surface area contributed by atoms with E-state index in [-0.39, 0.29) is 49.4 Å². The molecule has 0 aliphatic carbocycles. The van der Waals surface area contributed by atoms with Gasteiger partial charge in [-0.1, -0.05) is 79.7 Å². The first-order chi connectivity index (χ1) is 35.7. The molecule has 0 unspecified atom stereocenters. The first-order valence-corrected chi connectivity index (χ1v) is 24.0. The van der Waals surface area contributed by atoms with Gasteiger partial charge in [-0.2, -0.15) is 0 Å². The minimum absolute atomic E-state index is 0.106. The average Bonchev–Trinajstić information content (AvgIpc) is 4.12. The first-order valence-electron chi connectivity index (χ1n) is 24.0. The number of aromatic nitrogens is 6. The normalized spacial score (nSPS) is 12.7. The zero-order chi connectivity index (χ0) is 50.3. The van der Waals surface area contributed by atoms with E-state index in [9.17, 15) is 19.2 Å². The second kappa shape index (κ2) is 21.3. The molecular weight excluding hydrogens is 921 g/mol. The zero-order valence-electron chi connectivity index (χ0n) is 39.9. The lowest BCUT2D eigenvalue weighted by molar-refractivity contribution is -0.134. The summed E-state index contributed by atoms with van der Waals surface area (Å²) < 4.78 is 12.9. The Morgan fingerprint density at radius 3 is 1.49 bits per heavy atom. The summed E-state index contributed by atoms with van der Waals surface area (Å²) in [7, 11) is 0. The quantitative estimate of drug-likeness (QED) is 0.0609. The Morgan fingerprint density at radius 1 is 0.616 bits per heavy atom. The van der Waals surface area contributed by atoms with Crippen LogP contribution in [0.4, 0.5) is 0 Å². The number of nitrogens with one attached hydrogen (secondary N) is 4. The third kappa shape index (κ3) is 10.3. The van der Waals surface area contributed by atoms with Gasteiger partial charge in [-0.3, -0.25) is 29.1 Å². The molecule has 16 nitrogen and oxygen atoms in total. The number of aromatic amines is 2. The number of pyridine rings is 2. The van der Waals surface area contributed by atoms with E-state index in [2.05, 4.69) is 53.6 Å². The third-order valence-electron chi connectivity index (χ3n) is 12.7. The van der Waals surface area contributed by atoms with Crippen molar-refractivity contribution in [1.29, 1.82) is 0 Å². The molecule has 4 aromatic carbocycles. The lowest BCUT2D eigenvalue weighted by Crippen LogP contribution is -2.43. The molecule has 0 bridgehead atoms. The van der Waals surface area contributed by atoms with Crippen LogP contribution >= 0.6 is 0 Å². The second-order valence-electron chi connectivity index (χ2n) is 17.6. The van der Waals surface area contributed by atoms with Crippen LogP contribution in [0.5, 0.6) is 11.5 Å². The molecule has 364 valence electrons. The summed E-state index contributed by atoms with van der Waals surface area (Å²) in [5.74, 6) is 3.63. The Hall–Kier alpha value is -9.36. The van der Waals surface area contributed by atoms with Crippen molar-refractivity contribution in [2.24, 2.45) is 0 Å². The summed E-state index contributed by atoms with van der Waals surface area (Å²) in [5.41, 5.74) is 8.65. The van der Waals surface area contributed by atoms with Crippen molar-refractivity contribution in [3.05, 3.63) is 191 Å². The molecule has 4 aromatic heterocycles. The standard InChI is InChI=1S/C57H50N10O6/c1-3-5-25-67(57(71)53(37-18-10-7-11-19-37)65-55(69)43-21-13-15-23-59-43)33-49-61-31-45(63-49)39-27-41-35-72-46-28-38(26-40-34-73-47(29-39)51(41)50(40)46)44-30-60-48(62-44)32-66(24-4-2)56(70)52(36-16-8-6-9-17-36)64-54(68)42-20-12-14-22-58-42/h1,6-23,26-31,52-53H,4-5,24-25,32-35H2,2H3,(H,60,62)(H,61,63)(H,64,68)(H,65,69)/t52-,53-/m1/s1. The molecule has 2 aliphatic rings. The highest BCUT2D eigenvalue weighted by Crippen LogP contribution is 2.50. The van der Waals surface area contributed by atoms with Gasteiger partial charge in [0.1, 0.15) is 59.8 Å². The van der Waals surface area contributed by atoms with Gasteiger partial charge in [-0.25, -0.2) is 9.97 Å². The minimum Gasteiger partial charge on any atom is -0.488 e. The van der Waals surface area contributed by atoms with Crippen molar-refractivity contribution >= 4 is 23.6 Å². The first kappa shape index (κ1) is 47.3. The summed E-state index contributed by atoms with van der Waals surface area (Å²) in [6.07, 6.45) is 13.2. The molecule has 0 radical (unpaired) electrons. The lowest BCUT2D eigenvalue weighted by Gasteiger charge is -2.30. The predicted molar refractivity (Wildman–Crippen MR) is 272 cm³/mol. The maximum Gasteiger partial charge on any atom is 0.270 e. The molecular formula is C57H50N10O6. The molecule has 4 amide bonds. The highest BCUT2D eigenvalue weighted by molar-refractivity contribution is 5.97. The molecule has 16 heteroatoms. The molecule has 4 N–H and O–H groups in total. The Labute approximate surface area is 421 Å². The number of carbonyl (C=O) groups is 4. The van der Waals surface area contributed by atoms with Gasteiger partial charge in [0.15, 0.2) is 0 Å². The number of ether oxygens (including phenoxy) is 2. The fourth-order valence-corrected chi connectivity index (χ4v) is 9.17. The Bertz CT molecular complexity index is 3290. The summed E-state index contributed by atoms with van der Waals surface area (Å²) in [4.78, 5) is 83.2. The number of amides is 4. The van der Waals surface area contributed by atoms with Crippen molar-refractivity contribution in [1.82, 2.24) is 50.3 Å². The molecule has 6 heterocycles. The van der Waals surface area contributed by atoms with Crippen molar-refractivity contribution in [3.8, 4) is 57.5 Å². The topological polar surface area (TPSA) is 200 Å². The van der Waals surface area contributed by atoms with E-state index >= 15 is 0 Å². The van der Waals surface area contributed by atoms with Crippen molar-refractivity contribution in [2.45, 2.75) is 58.2 Å². The minimum atomic E-state index is -1.01.